The molecule has 1 radical (unpaired) electrons. The molecule has 0 saturated heterocycles. The van der Waals surface area contributed by atoms with Crippen molar-refractivity contribution in [2.45, 2.75) is 19.9 Å². The Labute approximate surface area is 142 Å². The van der Waals surface area contributed by atoms with E-state index >= 15 is 0 Å². The molecule has 4 rings (SSSR count). The Balaban J connectivity index is 0.00000144. The van der Waals surface area contributed by atoms with E-state index < -0.39 is 0 Å². The van der Waals surface area contributed by atoms with Crippen molar-refractivity contribution >= 4 is 34.0 Å². The third-order valence-corrected chi connectivity index (χ3v) is 3.66. The molecule has 2 heterocycles. The van der Waals surface area contributed by atoms with Crippen molar-refractivity contribution in [3.63, 3.8) is 0 Å². The molecule has 0 spiro atoms. The van der Waals surface area contributed by atoms with Crippen LogP contribution < -0.4 is 4.90 Å². The van der Waals surface area contributed by atoms with Crippen LogP contribution >= 0.6 is 0 Å². The second kappa shape index (κ2) is 5.75. The number of hydrazone groups is 1. The molecule has 5 heteroatoms. The first-order chi connectivity index (χ1) is 10.2. The van der Waals surface area contributed by atoms with Gasteiger partial charge in [0.15, 0.2) is 0 Å². The van der Waals surface area contributed by atoms with Crippen LogP contribution in [0.15, 0.2) is 45.9 Å². The maximum absolute atomic E-state index is 6.02. The van der Waals surface area contributed by atoms with Crippen LogP contribution in [0.4, 0.5) is 5.69 Å². The Morgan fingerprint density at radius 2 is 2.00 bits per heavy atom. The minimum atomic E-state index is 0. The summed E-state index contributed by atoms with van der Waals surface area (Å²) in [5.74, 6) is 0. The van der Waals surface area contributed by atoms with Crippen molar-refractivity contribution in [2.24, 2.45) is 5.10 Å². The molecule has 1 aliphatic heterocycles. The third-order valence-electron chi connectivity index (χ3n) is 3.66. The Bertz CT molecular complexity index is 840. The first-order valence-electron chi connectivity index (χ1n) is 7.02. The van der Waals surface area contributed by atoms with Gasteiger partial charge >= 0.3 is 0 Å². The van der Waals surface area contributed by atoms with Crippen LogP contribution in [0.2, 0.25) is 0 Å². The minimum Gasteiger partial charge on any atom is -0.514 e. The summed E-state index contributed by atoms with van der Waals surface area (Å²) in [6.07, 6.45) is 1.79. The Hall–Kier alpha value is -1.84. The summed E-state index contributed by atoms with van der Waals surface area (Å²) in [6.45, 7) is 6.16. The largest absolute Gasteiger partial charge is 0.514 e. The molecule has 0 atom stereocenters. The van der Waals surface area contributed by atoms with E-state index in [1.807, 2.05) is 46.9 Å². The molecular formula is C17H15IrN3O-2. The molecule has 0 saturated carbocycles. The minimum absolute atomic E-state index is 0. The summed E-state index contributed by atoms with van der Waals surface area (Å²) in [5, 5.41) is 8.51. The van der Waals surface area contributed by atoms with Crippen molar-refractivity contribution < 1.29 is 24.5 Å². The molecular weight excluding hydrogens is 454 g/mol. The summed E-state index contributed by atoms with van der Waals surface area (Å²) in [4.78, 5) is 1.95. The van der Waals surface area contributed by atoms with Crippen LogP contribution in [-0.4, -0.2) is 17.4 Å². The van der Waals surface area contributed by atoms with E-state index in [1.165, 1.54) is 0 Å². The number of fused-ring (bicyclic) bond motifs is 3. The predicted molar refractivity (Wildman–Crippen MR) is 84.8 cm³/mol. The van der Waals surface area contributed by atoms with Crippen molar-refractivity contribution in [3.05, 3.63) is 49.1 Å². The maximum Gasteiger partial charge on any atom is 0.116 e. The van der Waals surface area contributed by atoms with Gasteiger partial charge in [-0.3, -0.25) is 0 Å². The summed E-state index contributed by atoms with van der Waals surface area (Å²) >= 11 is 0. The quantitative estimate of drug-likeness (QED) is 0.533. The van der Waals surface area contributed by atoms with Crippen LogP contribution in [0, 0.1) is 12.7 Å². The summed E-state index contributed by atoms with van der Waals surface area (Å²) in [5.41, 5.74) is 2.62. The Morgan fingerprint density at radius 3 is 2.77 bits per heavy atom. The number of benzene rings is 2. The molecule has 115 valence electrons. The van der Waals surface area contributed by atoms with Crippen LogP contribution in [0.25, 0.3) is 21.9 Å². The van der Waals surface area contributed by atoms with Crippen LogP contribution in [0.5, 0.6) is 0 Å². The molecule has 4 nitrogen and oxygen atoms in total. The molecule has 1 aromatic heterocycles. The topological polar surface area (TPSA) is 32.0 Å². The summed E-state index contributed by atoms with van der Waals surface area (Å²) in [6, 6.07) is 15.6. The van der Waals surface area contributed by atoms with Gasteiger partial charge < -0.3 is 14.3 Å². The molecule has 0 amide bonds. The molecule has 0 fully saturated rings. The molecule has 3 aromatic rings. The van der Waals surface area contributed by atoms with Crippen LogP contribution in [0.3, 0.4) is 0 Å². The summed E-state index contributed by atoms with van der Waals surface area (Å²) < 4.78 is 6.02. The zero-order valence-electron chi connectivity index (χ0n) is 12.3. The number of para-hydroxylation sites is 1. The van der Waals surface area contributed by atoms with Crippen molar-refractivity contribution in [2.75, 3.05) is 4.90 Å². The summed E-state index contributed by atoms with van der Waals surface area (Å²) in [7, 11) is 0. The second-order valence-electron chi connectivity index (χ2n) is 5.39. The number of furan rings is 1. The average molecular weight is 470 g/mol. The fourth-order valence-electron chi connectivity index (χ4n) is 2.55. The number of rotatable bonds is 2. The molecule has 1 aliphatic rings. The van der Waals surface area contributed by atoms with Gasteiger partial charge in [0.1, 0.15) is 5.58 Å². The molecule has 0 N–H and O–H groups in total. The molecule has 0 aliphatic carbocycles. The first-order valence-corrected chi connectivity index (χ1v) is 7.02. The Morgan fingerprint density at radius 1 is 1.18 bits per heavy atom. The molecule has 2 aromatic carbocycles. The zero-order chi connectivity index (χ0) is 14.4. The third kappa shape index (κ3) is 2.31. The van der Waals surface area contributed by atoms with Gasteiger partial charge in [0.25, 0.3) is 0 Å². The van der Waals surface area contributed by atoms with E-state index in [9.17, 15) is 0 Å². The maximum atomic E-state index is 6.02. The number of anilines is 1. The first kappa shape index (κ1) is 15.1. The SMILES string of the molecule is CC(C)N1[CH-]N(c2[c-]ccc3c2oc2ccccc23)C=N1.[Ir]. The predicted octanol–water partition coefficient (Wildman–Crippen LogP) is 3.98. The Kier molecular flexibility index (Phi) is 3.94. The standard InChI is InChI=1S/C17H15N3O.Ir/c1-12(2)20-11-19(10-18-20)15-8-5-7-14-13-6-3-4-9-16(13)21-17(14)15;/h3-7,9-12H,1-2H3;/q-2;. The number of nitrogens with zero attached hydrogens (tertiary/aromatic N) is 3. The van der Waals surface area contributed by atoms with E-state index in [0.717, 1.165) is 27.6 Å². The van der Waals surface area contributed by atoms with E-state index in [2.05, 4.69) is 31.1 Å². The molecule has 22 heavy (non-hydrogen) atoms. The van der Waals surface area contributed by atoms with Gasteiger partial charge in [0, 0.05) is 37.1 Å². The van der Waals surface area contributed by atoms with Crippen molar-refractivity contribution in [1.29, 1.82) is 0 Å². The van der Waals surface area contributed by atoms with Crippen LogP contribution in [0.1, 0.15) is 13.8 Å². The van der Waals surface area contributed by atoms with Gasteiger partial charge in [-0.25, -0.2) is 0 Å². The van der Waals surface area contributed by atoms with E-state index in [0.29, 0.717) is 6.04 Å². The van der Waals surface area contributed by atoms with Gasteiger partial charge in [0.05, 0.1) is 6.34 Å². The fraction of sp³-hybridized carbons (Fsp3) is 0.176. The van der Waals surface area contributed by atoms with Gasteiger partial charge in [-0.15, -0.1) is 6.67 Å². The van der Waals surface area contributed by atoms with Crippen molar-refractivity contribution in [1.82, 2.24) is 5.01 Å². The van der Waals surface area contributed by atoms with E-state index in [4.69, 9.17) is 4.42 Å². The van der Waals surface area contributed by atoms with Gasteiger partial charge in [-0.2, -0.15) is 23.3 Å². The number of hydrogen-bond acceptors (Lipinski definition) is 4. The van der Waals surface area contributed by atoms with Crippen LogP contribution in [-0.2, 0) is 20.1 Å². The average Bonchev–Trinajstić information content (AvgIpc) is 3.11. The fourth-order valence-corrected chi connectivity index (χ4v) is 2.55. The van der Waals surface area contributed by atoms with Gasteiger partial charge in [-0.1, -0.05) is 29.3 Å². The van der Waals surface area contributed by atoms with Crippen molar-refractivity contribution in [3.8, 4) is 0 Å². The molecule has 0 unspecified atom stereocenters. The normalized spacial score (nSPS) is 14.3. The number of hydrogen-bond donors (Lipinski definition) is 0. The second-order valence-corrected chi connectivity index (χ2v) is 5.39. The smallest absolute Gasteiger partial charge is 0.116 e. The molecule has 0 bridgehead atoms. The van der Waals surface area contributed by atoms with E-state index in [1.54, 1.807) is 6.34 Å². The monoisotopic (exact) mass is 470 g/mol. The van der Waals surface area contributed by atoms with Gasteiger partial charge in [0.2, 0.25) is 0 Å². The zero-order valence-corrected chi connectivity index (χ0v) is 14.7. The van der Waals surface area contributed by atoms with Gasteiger partial charge in [-0.05, 0) is 19.9 Å². The van der Waals surface area contributed by atoms with E-state index in [-0.39, 0.29) is 20.1 Å².